The fourth-order valence-corrected chi connectivity index (χ4v) is 5.74. The smallest absolute Gasteiger partial charge is 0.341 e. The summed E-state index contributed by atoms with van der Waals surface area (Å²) in [6.07, 6.45) is 15.3. The SMILES string of the molecule is CC(C)(C)OC(=O)c1ccc(-n2ccc(OCC(C3CCCCC3)C3CCCCC3)n2)nc1Cl. The number of esters is 1. The standard InChI is InChI=1S/C27H38ClN3O3/c1-27(2,3)34-26(32)21-14-15-23(29-25(21)28)31-17-16-24(30-31)33-18-22(19-10-6-4-7-11-19)20-12-8-5-9-13-20/h14-17,19-20,22H,4-13,18H2,1-3H3. The van der Waals surface area contributed by atoms with E-state index in [9.17, 15) is 4.79 Å². The van der Waals surface area contributed by atoms with E-state index in [-0.39, 0.29) is 10.7 Å². The highest BCUT2D eigenvalue weighted by Gasteiger charge is 2.32. The van der Waals surface area contributed by atoms with Gasteiger partial charge in [-0.3, -0.25) is 0 Å². The van der Waals surface area contributed by atoms with Gasteiger partial charge in [0.1, 0.15) is 10.8 Å². The molecule has 0 N–H and O–H groups in total. The van der Waals surface area contributed by atoms with Crippen molar-refractivity contribution in [2.75, 3.05) is 6.61 Å². The average molecular weight is 488 g/mol. The molecule has 2 heterocycles. The molecule has 0 amide bonds. The van der Waals surface area contributed by atoms with Gasteiger partial charge in [0.05, 0.1) is 12.2 Å². The van der Waals surface area contributed by atoms with Crippen LogP contribution >= 0.6 is 11.6 Å². The van der Waals surface area contributed by atoms with Crippen molar-refractivity contribution in [3.8, 4) is 11.7 Å². The third-order valence-electron chi connectivity index (χ3n) is 7.19. The molecule has 34 heavy (non-hydrogen) atoms. The minimum atomic E-state index is -0.597. The molecule has 2 fully saturated rings. The van der Waals surface area contributed by atoms with Crippen LogP contribution in [-0.2, 0) is 4.74 Å². The Balaban J connectivity index is 1.42. The number of hydrogen-bond acceptors (Lipinski definition) is 5. The molecule has 2 saturated carbocycles. The fraction of sp³-hybridized carbons (Fsp3) is 0.667. The van der Waals surface area contributed by atoms with Gasteiger partial charge in [0.15, 0.2) is 5.82 Å². The van der Waals surface area contributed by atoms with E-state index >= 15 is 0 Å². The van der Waals surface area contributed by atoms with Gasteiger partial charge in [-0.25, -0.2) is 14.5 Å². The third-order valence-corrected chi connectivity index (χ3v) is 7.47. The third kappa shape index (κ3) is 6.53. The lowest BCUT2D eigenvalue weighted by atomic mass is 9.70. The second-order valence-corrected chi connectivity index (χ2v) is 11.2. The molecule has 2 aliphatic carbocycles. The van der Waals surface area contributed by atoms with Crippen LogP contribution in [0.1, 0.15) is 95.3 Å². The summed E-state index contributed by atoms with van der Waals surface area (Å²) in [6.45, 7) is 6.19. The Morgan fingerprint density at radius 2 is 1.65 bits per heavy atom. The van der Waals surface area contributed by atoms with E-state index in [0.29, 0.717) is 17.6 Å². The molecule has 0 spiro atoms. The molecule has 0 atom stereocenters. The first-order valence-electron chi connectivity index (χ1n) is 12.9. The van der Waals surface area contributed by atoms with Crippen molar-refractivity contribution in [3.63, 3.8) is 0 Å². The molecule has 2 aliphatic rings. The van der Waals surface area contributed by atoms with E-state index in [2.05, 4.69) is 10.1 Å². The maximum atomic E-state index is 12.4. The minimum absolute atomic E-state index is 0.0966. The van der Waals surface area contributed by atoms with Gasteiger partial charge >= 0.3 is 5.97 Å². The average Bonchev–Trinajstić information content (AvgIpc) is 3.28. The Bertz CT molecular complexity index is 938. The summed E-state index contributed by atoms with van der Waals surface area (Å²) in [5.74, 6) is 2.82. The number of carbonyl (C=O) groups excluding carboxylic acids is 1. The van der Waals surface area contributed by atoms with E-state index < -0.39 is 11.6 Å². The predicted octanol–water partition coefficient (Wildman–Crippen LogP) is 7.03. The summed E-state index contributed by atoms with van der Waals surface area (Å²) in [5, 5.41) is 4.67. The molecule has 186 valence electrons. The molecule has 0 aliphatic heterocycles. The van der Waals surface area contributed by atoms with Gasteiger partial charge in [-0.05, 0) is 50.7 Å². The van der Waals surface area contributed by atoms with Gasteiger partial charge in [0.25, 0.3) is 0 Å². The quantitative estimate of drug-likeness (QED) is 0.309. The van der Waals surface area contributed by atoms with Gasteiger partial charge < -0.3 is 9.47 Å². The highest BCUT2D eigenvalue weighted by atomic mass is 35.5. The molecule has 7 heteroatoms. The molecule has 0 bridgehead atoms. The van der Waals surface area contributed by atoms with E-state index in [1.54, 1.807) is 16.8 Å². The number of pyridine rings is 1. The molecule has 0 radical (unpaired) electrons. The maximum absolute atomic E-state index is 12.4. The van der Waals surface area contributed by atoms with Crippen LogP contribution in [0, 0.1) is 17.8 Å². The van der Waals surface area contributed by atoms with E-state index in [4.69, 9.17) is 21.1 Å². The van der Waals surface area contributed by atoms with Crippen molar-refractivity contribution >= 4 is 17.6 Å². The molecule has 6 nitrogen and oxygen atoms in total. The molecule has 2 aromatic heterocycles. The summed E-state index contributed by atoms with van der Waals surface area (Å²) < 4.78 is 13.3. The highest BCUT2D eigenvalue weighted by molar-refractivity contribution is 6.32. The van der Waals surface area contributed by atoms with Crippen molar-refractivity contribution in [2.45, 2.75) is 90.6 Å². The number of halogens is 1. The first-order chi connectivity index (χ1) is 16.3. The van der Waals surface area contributed by atoms with Crippen LogP contribution in [0.25, 0.3) is 5.82 Å². The normalized spacial score (nSPS) is 18.3. The predicted molar refractivity (Wildman–Crippen MR) is 134 cm³/mol. The molecular weight excluding hydrogens is 450 g/mol. The number of rotatable bonds is 7. The van der Waals surface area contributed by atoms with Crippen LogP contribution in [0.5, 0.6) is 5.88 Å². The summed E-state index contributed by atoms with van der Waals surface area (Å²) >= 11 is 6.30. The van der Waals surface area contributed by atoms with E-state index in [0.717, 1.165) is 18.4 Å². The van der Waals surface area contributed by atoms with Crippen molar-refractivity contribution < 1.29 is 14.3 Å². The van der Waals surface area contributed by atoms with E-state index in [1.165, 1.54) is 64.2 Å². The largest absolute Gasteiger partial charge is 0.476 e. The number of nitrogens with zero attached hydrogens (tertiary/aromatic N) is 3. The lowest BCUT2D eigenvalue weighted by Crippen LogP contribution is -2.32. The van der Waals surface area contributed by atoms with E-state index in [1.807, 2.05) is 33.0 Å². The lowest BCUT2D eigenvalue weighted by molar-refractivity contribution is 0.00693. The molecule has 0 unspecified atom stereocenters. The molecule has 2 aromatic rings. The summed E-state index contributed by atoms with van der Waals surface area (Å²) in [7, 11) is 0. The first kappa shape index (κ1) is 25.0. The maximum Gasteiger partial charge on any atom is 0.341 e. The van der Waals surface area contributed by atoms with Crippen LogP contribution in [-0.4, -0.2) is 32.9 Å². The highest BCUT2D eigenvalue weighted by Crippen LogP contribution is 2.40. The topological polar surface area (TPSA) is 66.2 Å². The zero-order chi connectivity index (χ0) is 24.1. The summed E-state index contributed by atoms with van der Waals surface area (Å²) in [6, 6.07) is 5.22. The van der Waals surface area contributed by atoms with Crippen molar-refractivity contribution in [2.24, 2.45) is 17.8 Å². The van der Waals surface area contributed by atoms with Crippen LogP contribution < -0.4 is 4.74 Å². The fourth-order valence-electron chi connectivity index (χ4n) is 5.51. The lowest BCUT2D eigenvalue weighted by Gasteiger charge is -2.37. The Morgan fingerprint density at radius 1 is 1.03 bits per heavy atom. The van der Waals surface area contributed by atoms with Gasteiger partial charge in [0, 0.05) is 12.3 Å². The minimum Gasteiger partial charge on any atom is -0.476 e. The van der Waals surface area contributed by atoms with Crippen molar-refractivity contribution in [3.05, 3.63) is 35.1 Å². The molecule has 4 rings (SSSR count). The van der Waals surface area contributed by atoms with Gasteiger partial charge in [-0.2, -0.15) is 0 Å². The van der Waals surface area contributed by atoms with Gasteiger partial charge in [-0.1, -0.05) is 75.8 Å². The zero-order valence-electron chi connectivity index (χ0n) is 20.8. The van der Waals surface area contributed by atoms with Gasteiger partial charge in [-0.15, -0.1) is 5.10 Å². The van der Waals surface area contributed by atoms with Crippen molar-refractivity contribution in [1.29, 1.82) is 0 Å². The summed E-state index contributed by atoms with van der Waals surface area (Å²) in [5.41, 5.74) is -0.354. The first-order valence-corrected chi connectivity index (χ1v) is 13.3. The number of aromatic nitrogens is 3. The zero-order valence-corrected chi connectivity index (χ0v) is 21.5. The Kier molecular flexibility index (Phi) is 8.18. The van der Waals surface area contributed by atoms with Crippen LogP contribution in [0.2, 0.25) is 5.15 Å². The molecule has 0 aromatic carbocycles. The molecule has 0 saturated heterocycles. The monoisotopic (exact) mass is 487 g/mol. The van der Waals surface area contributed by atoms with Crippen LogP contribution in [0.3, 0.4) is 0 Å². The van der Waals surface area contributed by atoms with Gasteiger partial charge in [0.2, 0.25) is 5.88 Å². The second-order valence-electron chi connectivity index (χ2n) is 10.9. The molecular formula is C27H38ClN3O3. The Morgan fingerprint density at radius 3 is 2.21 bits per heavy atom. The number of ether oxygens (including phenoxy) is 2. The van der Waals surface area contributed by atoms with Crippen LogP contribution in [0.4, 0.5) is 0 Å². The summed E-state index contributed by atoms with van der Waals surface area (Å²) in [4.78, 5) is 16.7. The Hall–Kier alpha value is -2.08. The Labute approximate surface area is 208 Å². The number of hydrogen-bond donors (Lipinski definition) is 0. The van der Waals surface area contributed by atoms with Crippen LogP contribution in [0.15, 0.2) is 24.4 Å². The van der Waals surface area contributed by atoms with Crippen molar-refractivity contribution in [1.82, 2.24) is 14.8 Å². The second kappa shape index (κ2) is 11.1. The number of carbonyl (C=O) groups is 1.